The zero-order valence-electron chi connectivity index (χ0n) is 12.4. The summed E-state index contributed by atoms with van der Waals surface area (Å²) in [4.78, 5) is 21.6. The molecular formula is C15H15Cl2N3O3. The van der Waals surface area contributed by atoms with Gasteiger partial charge in [0.25, 0.3) is 5.91 Å². The fourth-order valence-electron chi connectivity index (χ4n) is 2.00. The molecular weight excluding hydrogens is 341 g/mol. The van der Waals surface area contributed by atoms with Gasteiger partial charge in [-0.2, -0.15) is 0 Å². The maximum absolute atomic E-state index is 12.6. The van der Waals surface area contributed by atoms with Gasteiger partial charge in [-0.05, 0) is 17.7 Å². The number of halogens is 2. The summed E-state index contributed by atoms with van der Waals surface area (Å²) in [6, 6.07) is 7.26. The highest BCUT2D eigenvalue weighted by Gasteiger charge is 2.23. The summed E-state index contributed by atoms with van der Waals surface area (Å²) in [5, 5.41) is 9.18. The van der Waals surface area contributed by atoms with E-state index in [1.807, 2.05) is 12.1 Å². The predicted octanol–water partition coefficient (Wildman–Crippen LogP) is 2.43. The summed E-state index contributed by atoms with van der Waals surface area (Å²) in [7, 11) is 1.58. The van der Waals surface area contributed by atoms with Gasteiger partial charge in [-0.25, -0.2) is 9.97 Å². The SMILES string of the molecule is COc1ccc(CN(CCO)C(=O)c2c(Cl)ncnc2Cl)cc1. The van der Waals surface area contributed by atoms with Gasteiger partial charge in [-0.3, -0.25) is 4.79 Å². The maximum atomic E-state index is 12.6. The molecule has 2 aromatic rings. The average molecular weight is 356 g/mol. The molecule has 0 radical (unpaired) electrons. The van der Waals surface area contributed by atoms with Gasteiger partial charge in [0.1, 0.15) is 27.9 Å². The second-order valence-electron chi connectivity index (χ2n) is 4.63. The molecule has 0 unspecified atom stereocenters. The van der Waals surface area contributed by atoms with Crippen molar-refractivity contribution in [2.24, 2.45) is 0 Å². The van der Waals surface area contributed by atoms with Crippen LogP contribution in [-0.4, -0.2) is 46.1 Å². The minimum atomic E-state index is -0.439. The Morgan fingerprint density at radius 2 is 1.83 bits per heavy atom. The molecule has 0 saturated heterocycles. The van der Waals surface area contributed by atoms with E-state index in [1.165, 1.54) is 11.2 Å². The number of benzene rings is 1. The third-order valence-electron chi connectivity index (χ3n) is 3.16. The molecule has 1 amide bonds. The van der Waals surface area contributed by atoms with Crippen molar-refractivity contribution < 1.29 is 14.6 Å². The second kappa shape index (κ2) is 8.10. The number of ether oxygens (including phenoxy) is 1. The van der Waals surface area contributed by atoms with E-state index < -0.39 is 5.91 Å². The molecule has 0 bridgehead atoms. The number of carbonyl (C=O) groups excluding carboxylic acids is 1. The van der Waals surface area contributed by atoms with Gasteiger partial charge in [0.15, 0.2) is 0 Å². The van der Waals surface area contributed by atoms with Crippen molar-refractivity contribution in [2.75, 3.05) is 20.3 Å². The molecule has 0 aliphatic heterocycles. The summed E-state index contributed by atoms with van der Waals surface area (Å²) >= 11 is 11.9. The average Bonchev–Trinajstić information content (AvgIpc) is 2.55. The number of nitrogens with zero attached hydrogens (tertiary/aromatic N) is 3. The lowest BCUT2D eigenvalue weighted by Crippen LogP contribution is -2.33. The van der Waals surface area contributed by atoms with E-state index >= 15 is 0 Å². The Morgan fingerprint density at radius 1 is 1.22 bits per heavy atom. The van der Waals surface area contributed by atoms with Crippen molar-refractivity contribution in [2.45, 2.75) is 6.54 Å². The van der Waals surface area contributed by atoms with Gasteiger partial charge in [0, 0.05) is 13.1 Å². The van der Waals surface area contributed by atoms with Crippen LogP contribution in [0.5, 0.6) is 5.75 Å². The van der Waals surface area contributed by atoms with Crippen LogP contribution in [0.4, 0.5) is 0 Å². The molecule has 0 aliphatic rings. The Labute approximate surface area is 143 Å². The van der Waals surface area contributed by atoms with Gasteiger partial charge in [0.2, 0.25) is 0 Å². The van der Waals surface area contributed by atoms with Crippen molar-refractivity contribution >= 4 is 29.1 Å². The molecule has 0 saturated carbocycles. The molecule has 1 aromatic heterocycles. The fraction of sp³-hybridized carbons (Fsp3) is 0.267. The lowest BCUT2D eigenvalue weighted by atomic mass is 10.2. The topological polar surface area (TPSA) is 75.6 Å². The Hall–Kier alpha value is -1.89. The van der Waals surface area contributed by atoms with Crippen molar-refractivity contribution in [1.82, 2.24) is 14.9 Å². The number of amides is 1. The van der Waals surface area contributed by atoms with Crippen LogP contribution in [0, 0.1) is 0 Å². The van der Waals surface area contributed by atoms with E-state index in [2.05, 4.69) is 9.97 Å². The van der Waals surface area contributed by atoms with Gasteiger partial charge in [0.05, 0.1) is 13.7 Å². The van der Waals surface area contributed by atoms with Crippen LogP contribution >= 0.6 is 23.2 Å². The summed E-state index contributed by atoms with van der Waals surface area (Å²) in [6.07, 6.45) is 1.18. The van der Waals surface area contributed by atoms with E-state index in [-0.39, 0.29) is 35.6 Å². The van der Waals surface area contributed by atoms with Crippen LogP contribution in [0.1, 0.15) is 15.9 Å². The van der Waals surface area contributed by atoms with Gasteiger partial charge < -0.3 is 14.7 Å². The minimum Gasteiger partial charge on any atom is -0.497 e. The van der Waals surface area contributed by atoms with Crippen molar-refractivity contribution in [3.05, 3.63) is 52.0 Å². The first-order chi connectivity index (χ1) is 11.1. The molecule has 6 nitrogen and oxygen atoms in total. The number of hydrogen-bond donors (Lipinski definition) is 1. The van der Waals surface area contributed by atoms with Crippen molar-refractivity contribution in [3.63, 3.8) is 0 Å². The molecule has 1 heterocycles. The number of hydrogen-bond acceptors (Lipinski definition) is 5. The number of methoxy groups -OCH3 is 1. The largest absolute Gasteiger partial charge is 0.497 e. The number of aromatic nitrogens is 2. The number of carbonyl (C=O) groups is 1. The van der Waals surface area contributed by atoms with Crippen LogP contribution in [-0.2, 0) is 6.54 Å². The molecule has 1 N–H and O–H groups in total. The number of aliphatic hydroxyl groups excluding tert-OH is 1. The molecule has 0 spiro atoms. The first-order valence-corrected chi connectivity index (χ1v) is 7.51. The second-order valence-corrected chi connectivity index (χ2v) is 5.34. The Morgan fingerprint density at radius 3 is 2.35 bits per heavy atom. The molecule has 0 aliphatic carbocycles. The summed E-state index contributed by atoms with van der Waals surface area (Å²) < 4.78 is 5.10. The monoisotopic (exact) mass is 355 g/mol. The van der Waals surface area contributed by atoms with Crippen LogP contribution in [0.2, 0.25) is 10.3 Å². The molecule has 122 valence electrons. The predicted molar refractivity (Wildman–Crippen MR) is 86.9 cm³/mol. The maximum Gasteiger partial charge on any atom is 0.260 e. The zero-order valence-corrected chi connectivity index (χ0v) is 13.9. The highest BCUT2D eigenvalue weighted by Crippen LogP contribution is 2.22. The van der Waals surface area contributed by atoms with E-state index in [0.717, 1.165) is 11.3 Å². The van der Waals surface area contributed by atoms with Gasteiger partial charge >= 0.3 is 0 Å². The third kappa shape index (κ3) is 4.31. The molecule has 1 aromatic carbocycles. The molecule has 0 atom stereocenters. The Balaban J connectivity index is 2.24. The molecule has 23 heavy (non-hydrogen) atoms. The minimum absolute atomic E-state index is 0.0207. The summed E-state index contributed by atoms with van der Waals surface area (Å²) in [5.41, 5.74) is 0.898. The zero-order chi connectivity index (χ0) is 16.8. The number of rotatable bonds is 6. The Kier molecular flexibility index (Phi) is 6.15. The smallest absolute Gasteiger partial charge is 0.260 e. The fourth-order valence-corrected chi connectivity index (χ4v) is 2.48. The first kappa shape index (κ1) is 17.5. The lowest BCUT2D eigenvalue weighted by molar-refractivity contribution is 0.0707. The third-order valence-corrected chi connectivity index (χ3v) is 3.73. The van der Waals surface area contributed by atoms with E-state index in [4.69, 9.17) is 27.9 Å². The van der Waals surface area contributed by atoms with Crippen LogP contribution in [0.25, 0.3) is 0 Å². The van der Waals surface area contributed by atoms with Gasteiger partial charge in [-0.1, -0.05) is 35.3 Å². The van der Waals surface area contributed by atoms with Gasteiger partial charge in [-0.15, -0.1) is 0 Å². The summed E-state index contributed by atoms with van der Waals surface area (Å²) in [5.74, 6) is 0.279. The molecule has 0 fully saturated rings. The van der Waals surface area contributed by atoms with Crippen molar-refractivity contribution in [3.8, 4) is 5.75 Å². The lowest BCUT2D eigenvalue weighted by Gasteiger charge is -2.22. The normalized spacial score (nSPS) is 10.4. The van der Waals surface area contributed by atoms with E-state index in [9.17, 15) is 9.90 Å². The highest BCUT2D eigenvalue weighted by atomic mass is 35.5. The van der Waals surface area contributed by atoms with Crippen LogP contribution < -0.4 is 4.74 Å². The van der Waals surface area contributed by atoms with E-state index in [1.54, 1.807) is 19.2 Å². The van der Waals surface area contributed by atoms with E-state index in [0.29, 0.717) is 0 Å². The molecule has 2 rings (SSSR count). The first-order valence-electron chi connectivity index (χ1n) is 6.76. The quantitative estimate of drug-likeness (QED) is 0.805. The standard InChI is InChI=1S/C15H15Cl2N3O3/c1-23-11-4-2-10(3-5-11)8-20(6-7-21)15(22)12-13(16)18-9-19-14(12)17/h2-5,9,21H,6-8H2,1H3. The van der Waals surface area contributed by atoms with Crippen LogP contribution in [0.15, 0.2) is 30.6 Å². The summed E-state index contributed by atoms with van der Waals surface area (Å²) in [6.45, 7) is 0.224. The number of aliphatic hydroxyl groups is 1. The van der Waals surface area contributed by atoms with Crippen LogP contribution in [0.3, 0.4) is 0 Å². The Bertz CT molecular complexity index is 660. The highest BCUT2D eigenvalue weighted by molar-refractivity contribution is 6.38. The van der Waals surface area contributed by atoms with Crippen molar-refractivity contribution in [1.29, 1.82) is 0 Å². The molecule has 8 heteroatoms.